The highest BCUT2D eigenvalue weighted by Gasteiger charge is 2.31. The molecule has 2 amide bonds. The molecule has 0 aliphatic heterocycles. The molecule has 1 aromatic rings. The number of alkyl halides is 3. The van der Waals surface area contributed by atoms with Crippen molar-refractivity contribution < 1.29 is 27.1 Å². The summed E-state index contributed by atoms with van der Waals surface area (Å²) in [4.78, 5) is 11.9. The summed E-state index contributed by atoms with van der Waals surface area (Å²) in [5.74, 6) is -0.526. The van der Waals surface area contributed by atoms with Crippen LogP contribution in [0.3, 0.4) is 0 Å². The van der Waals surface area contributed by atoms with Crippen molar-refractivity contribution in [3.05, 3.63) is 24.0 Å². The van der Waals surface area contributed by atoms with Gasteiger partial charge < -0.3 is 15.0 Å². The van der Waals surface area contributed by atoms with Crippen molar-refractivity contribution in [3.8, 4) is 5.75 Å². The largest absolute Gasteiger partial charge is 0.497 e. The van der Waals surface area contributed by atoms with Gasteiger partial charge in [0, 0.05) is 24.9 Å². The number of halogens is 4. The molecule has 0 atom stereocenters. The number of urea groups is 1. The van der Waals surface area contributed by atoms with Gasteiger partial charge in [-0.25, -0.2) is 9.18 Å². The van der Waals surface area contributed by atoms with Crippen LogP contribution < -0.4 is 10.1 Å². The van der Waals surface area contributed by atoms with Crippen molar-refractivity contribution >= 4 is 11.7 Å². The molecule has 1 aromatic carbocycles. The van der Waals surface area contributed by atoms with Gasteiger partial charge in [0.1, 0.15) is 18.1 Å². The van der Waals surface area contributed by atoms with E-state index in [1.807, 2.05) is 0 Å². The number of rotatable bonds is 3. The normalized spacial score (nSPS) is 11.1. The minimum Gasteiger partial charge on any atom is -0.497 e. The average Bonchev–Trinajstić information content (AvgIpc) is 2.25. The third-order valence-corrected chi connectivity index (χ3v) is 2.12. The molecule has 106 valence electrons. The number of carbonyl (C=O) groups is 1. The van der Waals surface area contributed by atoms with Crippen molar-refractivity contribution in [2.24, 2.45) is 0 Å². The van der Waals surface area contributed by atoms with Gasteiger partial charge in [0.05, 0.1) is 7.11 Å². The Labute approximate surface area is 107 Å². The van der Waals surface area contributed by atoms with Gasteiger partial charge in [-0.05, 0) is 6.07 Å². The van der Waals surface area contributed by atoms with E-state index in [1.165, 1.54) is 13.2 Å². The summed E-state index contributed by atoms with van der Waals surface area (Å²) in [6.45, 7) is -1.40. The van der Waals surface area contributed by atoms with Crippen LogP contribution in [0.15, 0.2) is 18.2 Å². The molecule has 0 radical (unpaired) electrons. The summed E-state index contributed by atoms with van der Waals surface area (Å²) in [7, 11) is 2.29. The number of hydrogen-bond donors (Lipinski definition) is 1. The Morgan fingerprint density at radius 1 is 1.37 bits per heavy atom. The lowest BCUT2D eigenvalue weighted by Crippen LogP contribution is -2.38. The topological polar surface area (TPSA) is 41.6 Å². The first kappa shape index (κ1) is 15.1. The summed E-state index contributed by atoms with van der Waals surface area (Å²) in [6.07, 6.45) is -4.49. The van der Waals surface area contributed by atoms with E-state index in [0.717, 1.165) is 19.2 Å². The van der Waals surface area contributed by atoms with Crippen molar-refractivity contribution in [1.29, 1.82) is 0 Å². The second kappa shape index (κ2) is 5.77. The number of anilines is 1. The van der Waals surface area contributed by atoms with Crippen LogP contribution in [0.4, 0.5) is 28.0 Å². The van der Waals surface area contributed by atoms with Gasteiger partial charge in [0.2, 0.25) is 0 Å². The van der Waals surface area contributed by atoms with Gasteiger partial charge >= 0.3 is 12.2 Å². The lowest BCUT2D eigenvalue weighted by Gasteiger charge is -2.19. The summed E-state index contributed by atoms with van der Waals surface area (Å²) >= 11 is 0. The molecule has 1 rings (SSSR count). The standard InChI is InChI=1S/C11H12F4N2O2/c1-17(6-11(13,14)15)10(18)16-8-3-7(12)4-9(5-8)19-2/h3-5H,6H2,1-2H3,(H,16,18). The Balaban J connectivity index is 2.74. The summed E-state index contributed by atoms with van der Waals surface area (Å²) < 4.78 is 54.1. The predicted molar refractivity (Wildman–Crippen MR) is 60.7 cm³/mol. The molecule has 0 aromatic heterocycles. The Morgan fingerprint density at radius 2 is 2.00 bits per heavy atom. The van der Waals surface area contributed by atoms with Crippen LogP contribution in [0.2, 0.25) is 0 Å². The van der Waals surface area contributed by atoms with Crippen LogP contribution in [0, 0.1) is 5.82 Å². The molecule has 0 unspecified atom stereocenters. The average molecular weight is 280 g/mol. The van der Waals surface area contributed by atoms with E-state index < -0.39 is 24.6 Å². The highest BCUT2D eigenvalue weighted by atomic mass is 19.4. The molecule has 0 heterocycles. The second-order valence-electron chi connectivity index (χ2n) is 3.78. The first-order valence-corrected chi connectivity index (χ1v) is 5.15. The van der Waals surface area contributed by atoms with Crippen molar-refractivity contribution in [2.75, 3.05) is 26.0 Å². The van der Waals surface area contributed by atoms with Crippen LogP contribution >= 0.6 is 0 Å². The fraction of sp³-hybridized carbons (Fsp3) is 0.364. The molecule has 0 saturated heterocycles. The van der Waals surface area contributed by atoms with Gasteiger partial charge in [-0.15, -0.1) is 0 Å². The molecular weight excluding hydrogens is 268 g/mol. The van der Waals surface area contributed by atoms with E-state index in [-0.39, 0.29) is 11.4 Å². The van der Waals surface area contributed by atoms with E-state index in [4.69, 9.17) is 4.74 Å². The summed E-state index contributed by atoms with van der Waals surface area (Å²) in [5.41, 5.74) is 0.0101. The Hall–Kier alpha value is -1.99. The smallest absolute Gasteiger partial charge is 0.406 e. The monoisotopic (exact) mass is 280 g/mol. The number of nitrogens with one attached hydrogen (secondary N) is 1. The van der Waals surface area contributed by atoms with Crippen LogP contribution in [-0.4, -0.2) is 37.8 Å². The van der Waals surface area contributed by atoms with E-state index in [0.29, 0.717) is 4.90 Å². The Bertz CT molecular complexity index is 462. The van der Waals surface area contributed by atoms with Gasteiger partial charge in [0.15, 0.2) is 0 Å². The van der Waals surface area contributed by atoms with Crippen LogP contribution in [0.5, 0.6) is 5.75 Å². The number of ether oxygens (including phenoxy) is 1. The Morgan fingerprint density at radius 3 is 2.53 bits per heavy atom. The van der Waals surface area contributed by atoms with E-state index in [2.05, 4.69) is 5.32 Å². The van der Waals surface area contributed by atoms with Gasteiger partial charge in [-0.3, -0.25) is 0 Å². The summed E-state index contributed by atoms with van der Waals surface area (Å²) in [6, 6.07) is 2.35. The molecule has 0 aliphatic rings. The molecule has 0 aliphatic carbocycles. The number of hydrogen-bond acceptors (Lipinski definition) is 2. The van der Waals surface area contributed by atoms with E-state index in [1.54, 1.807) is 0 Å². The highest BCUT2D eigenvalue weighted by Crippen LogP contribution is 2.21. The van der Waals surface area contributed by atoms with Crippen LogP contribution in [0.1, 0.15) is 0 Å². The lowest BCUT2D eigenvalue weighted by molar-refractivity contribution is -0.137. The van der Waals surface area contributed by atoms with E-state index in [9.17, 15) is 22.4 Å². The maximum Gasteiger partial charge on any atom is 0.406 e. The van der Waals surface area contributed by atoms with Crippen molar-refractivity contribution in [3.63, 3.8) is 0 Å². The molecular formula is C11H12F4N2O2. The maximum atomic E-state index is 13.1. The van der Waals surface area contributed by atoms with Crippen molar-refractivity contribution in [2.45, 2.75) is 6.18 Å². The number of amides is 2. The molecule has 4 nitrogen and oxygen atoms in total. The van der Waals surface area contributed by atoms with Gasteiger partial charge in [0.25, 0.3) is 0 Å². The molecule has 0 saturated carbocycles. The number of carbonyl (C=O) groups excluding carboxylic acids is 1. The van der Waals surface area contributed by atoms with Crippen molar-refractivity contribution in [1.82, 2.24) is 4.90 Å². The van der Waals surface area contributed by atoms with Gasteiger partial charge in [-0.1, -0.05) is 0 Å². The van der Waals surface area contributed by atoms with Gasteiger partial charge in [-0.2, -0.15) is 13.2 Å². The highest BCUT2D eigenvalue weighted by molar-refractivity contribution is 5.89. The molecule has 0 fully saturated rings. The Kier molecular flexibility index (Phi) is 4.57. The minimum absolute atomic E-state index is 0.0101. The quantitative estimate of drug-likeness (QED) is 0.865. The third-order valence-electron chi connectivity index (χ3n) is 2.12. The SMILES string of the molecule is COc1cc(F)cc(NC(=O)N(C)CC(F)(F)F)c1. The predicted octanol–water partition coefficient (Wildman–Crippen LogP) is 2.86. The zero-order valence-electron chi connectivity index (χ0n) is 10.2. The first-order chi connectivity index (χ1) is 8.71. The number of methoxy groups -OCH3 is 1. The molecule has 0 spiro atoms. The second-order valence-corrected chi connectivity index (χ2v) is 3.78. The third kappa shape index (κ3) is 5.02. The molecule has 0 bridgehead atoms. The fourth-order valence-electron chi connectivity index (χ4n) is 1.31. The molecule has 1 N–H and O–H groups in total. The summed E-state index contributed by atoms with van der Waals surface area (Å²) in [5, 5.41) is 2.15. The fourth-order valence-corrected chi connectivity index (χ4v) is 1.31. The zero-order chi connectivity index (χ0) is 14.6. The first-order valence-electron chi connectivity index (χ1n) is 5.15. The van der Waals surface area contributed by atoms with Crippen LogP contribution in [0.25, 0.3) is 0 Å². The molecule has 8 heteroatoms. The van der Waals surface area contributed by atoms with E-state index >= 15 is 0 Å². The maximum absolute atomic E-state index is 13.1. The number of benzene rings is 1. The van der Waals surface area contributed by atoms with Crippen LogP contribution in [-0.2, 0) is 0 Å². The number of nitrogens with zero attached hydrogens (tertiary/aromatic N) is 1. The molecule has 19 heavy (non-hydrogen) atoms. The lowest BCUT2D eigenvalue weighted by atomic mass is 10.3. The minimum atomic E-state index is -4.49. The zero-order valence-corrected chi connectivity index (χ0v) is 10.2.